The summed E-state index contributed by atoms with van der Waals surface area (Å²) in [5.74, 6) is -0.534. The number of benzene rings is 1. The van der Waals surface area contributed by atoms with Crippen molar-refractivity contribution in [3.8, 4) is 0 Å². The van der Waals surface area contributed by atoms with Gasteiger partial charge in [-0.3, -0.25) is 5.10 Å². The molecule has 0 aliphatic heterocycles. The Morgan fingerprint density at radius 3 is 2.45 bits per heavy atom. The predicted octanol–water partition coefficient (Wildman–Crippen LogP) is 2.22. The summed E-state index contributed by atoms with van der Waals surface area (Å²) in [6, 6.07) is 5.76. The molecule has 0 fully saturated rings. The molecule has 0 radical (unpaired) electrons. The highest BCUT2D eigenvalue weighted by atomic mass is 32.2. The SMILES string of the molecule is CC(C)(C)c1nc(S(=O)(=O)Cc2ccccc2F)n[nH]1. The molecule has 0 bridgehead atoms. The zero-order valence-corrected chi connectivity index (χ0v) is 12.3. The van der Waals surface area contributed by atoms with Crippen LogP contribution in [0.5, 0.6) is 0 Å². The lowest BCUT2D eigenvalue weighted by molar-refractivity contribution is 0.546. The molecule has 0 aliphatic rings. The van der Waals surface area contributed by atoms with Gasteiger partial charge in [-0.2, -0.15) is 0 Å². The van der Waals surface area contributed by atoms with Crippen LogP contribution in [0, 0.1) is 5.82 Å². The number of rotatable bonds is 3. The standard InChI is InChI=1S/C13H16FN3O2S/c1-13(2,3)11-15-12(17-16-11)20(18,19)8-9-6-4-5-7-10(9)14/h4-7H,8H2,1-3H3,(H,15,16,17). The molecular formula is C13H16FN3O2S. The average Bonchev–Trinajstić information content (AvgIpc) is 2.81. The van der Waals surface area contributed by atoms with Gasteiger partial charge < -0.3 is 0 Å². The van der Waals surface area contributed by atoms with E-state index in [1.54, 1.807) is 6.07 Å². The van der Waals surface area contributed by atoms with Crippen molar-refractivity contribution >= 4 is 9.84 Å². The van der Waals surface area contributed by atoms with Crippen LogP contribution in [-0.4, -0.2) is 23.6 Å². The second kappa shape index (κ2) is 4.97. The number of hydrogen-bond donors (Lipinski definition) is 1. The van der Waals surface area contributed by atoms with E-state index in [4.69, 9.17) is 0 Å². The maximum atomic E-state index is 13.5. The summed E-state index contributed by atoms with van der Waals surface area (Å²) in [5.41, 5.74) is -0.228. The number of halogens is 1. The first-order valence-corrected chi connectivity index (χ1v) is 7.74. The number of nitrogens with one attached hydrogen (secondary N) is 1. The topological polar surface area (TPSA) is 75.7 Å². The Bertz CT molecular complexity index is 717. The smallest absolute Gasteiger partial charge is 0.262 e. The fourth-order valence-electron chi connectivity index (χ4n) is 1.61. The van der Waals surface area contributed by atoms with Gasteiger partial charge in [0.25, 0.3) is 5.16 Å². The van der Waals surface area contributed by atoms with E-state index < -0.39 is 21.4 Å². The van der Waals surface area contributed by atoms with Crippen LogP contribution in [0.25, 0.3) is 0 Å². The number of nitrogens with zero attached hydrogens (tertiary/aromatic N) is 2. The molecule has 0 atom stereocenters. The van der Waals surface area contributed by atoms with E-state index in [1.807, 2.05) is 20.8 Å². The van der Waals surface area contributed by atoms with E-state index in [-0.39, 0.29) is 16.1 Å². The molecule has 0 spiro atoms. The Morgan fingerprint density at radius 1 is 1.25 bits per heavy atom. The van der Waals surface area contributed by atoms with Crippen LogP contribution in [0.2, 0.25) is 0 Å². The minimum atomic E-state index is -3.77. The number of hydrogen-bond acceptors (Lipinski definition) is 4. The van der Waals surface area contributed by atoms with Gasteiger partial charge in [0.2, 0.25) is 9.84 Å². The van der Waals surface area contributed by atoms with E-state index in [0.29, 0.717) is 5.82 Å². The number of H-pyrrole nitrogens is 1. The van der Waals surface area contributed by atoms with Crippen molar-refractivity contribution in [2.24, 2.45) is 0 Å². The zero-order valence-electron chi connectivity index (χ0n) is 11.5. The van der Waals surface area contributed by atoms with Gasteiger partial charge in [-0.15, -0.1) is 5.10 Å². The summed E-state index contributed by atoms with van der Waals surface area (Å²) in [5, 5.41) is 6.05. The van der Waals surface area contributed by atoms with E-state index >= 15 is 0 Å². The molecule has 0 saturated heterocycles. The Labute approximate surface area is 117 Å². The molecule has 2 aromatic rings. The zero-order chi connectivity index (χ0) is 15.0. The Kier molecular flexibility index (Phi) is 3.64. The van der Waals surface area contributed by atoms with Crippen molar-refractivity contribution in [1.82, 2.24) is 15.2 Å². The van der Waals surface area contributed by atoms with Crippen molar-refractivity contribution in [3.05, 3.63) is 41.5 Å². The molecule has 0 aliphatic carbocycles. The maximum absolute atomic E-state index is 13.5. The third-order valence-electron chi connectivity index (χ3n) is 2.76. The lowest BCUT2D eigenvalue weighted by atomic mass is 9.96. The minimum absolute atomic E-state index is 0.106. The molecule has 0 amide bonds. The second-order valence-electron chi connectivity index (χ2n) is 5.57. The van der Waals surface area contributed by atoms with Gasteiger partial charge in [0.1, 0.15) is 11.6 Å². The van der Waals surface area contributed by atoms with Gasteiger partial charge in [-0.1, -0.05) is 39.0 Å². The summed E-state index contributed by atoms with van der Waals surface area (Å²) in [6.07, 6.45) is 0. The molecule has 5 nitrogen and oxygen atoms in total. The molecule has 1 aromatic heterocycles. The van der Waals surface area contributed by atoms with Gasteiger partial charge >= 0.3 is 0 Å². The molecule has 0 unspecified atom stereocenters. The Hall–Kier alpha value is -1.76. The van der Waals surface area contributed by atoms with Crippen molar-refractivity contribution in [1.29, 1.82) is 0 Å². The monoisotopic (exact) mass is 297 g/mol. The first-order chi connectivity index (χ1) is 9.20. The molecule has 1 aromatic carbocycles. The van der Waals surface area contributed by atoms with Crippen molar-refractivity contribution in [2.75, 3.05) is 0 Å². The van der Waals surface area contributed by atoms with Gasteiger partial charge in [-0.05, 0) is 6.07 Å². The van der Waals surface area contributed by atoms with Crippen molar-refractivity contribution in [3.63, 3.8) is 0 Å². The largest absolute Gasteiger partial charge is 0.267 e. The molecule has 7 heteroatoms. The molecule has 1 heterocycles. The van der Waals surface area contributed by atoms with Crippen LogP contribution in [-0.2, 0) is 21.0 Å². The summed E-state index contributed by atoms with van der Waals surface area (Å²) < 4.78 is 37.9. The summed E-state index contributed by atoms with van der Waals surface area (Å²) in [7, 11) is -3.77. The van der Waals surface area contributed by atoms with E-state index in [1.165, 1.54) is 18.2 Å². The summed E-state index contributed by atoms with van der Waals surface area (Å²) in [4.78, 5) is 4.00. The maximum Gasteiger partial charge on any atom is 0.267 e. The molecule has 0 saturated carbocycles. The average molecular weight is 297 g/mol. The Morgan fingerprint density at radius 2 is 1.90 bits per heavy atom. The van der Waals surface area contributed by atoms with Crippen LogP contribution in [0.15, 0.2) is 29.4 Å². The van der Waals surface area contributed by atoms with Crippen LogP contribution in [0.3, 0.4) is 0 Å². The minimum Gasteiger partial charge on any atom is -0.262 e. The van der Waals surface area contributed by atoms with E-state index in [0.717, 1.165) is 0 Å². The highest BCUT2D eigenvalue weighted by molar-refractivity contribution is 7.90. The molecule has 1 N–H and O–H groups in total. The first-order valence-electron chi connectivity index (χ1n) is 6.09. The fourth-order valence-corrected chi connectivity index (χ4v) is 2.79. The van der Waals surface area contributed by atoms with Gasteiger partial charge in [0.15, 0.2) is 0 Å². The lowest BCUT2D eigenvalue weighted by Crippen LogP contribution is -2.14. The van der Waals surface area contributed by atoms with Gasteiger partial charge in [-0.25, -0.2) is 17.8 Å². The predicted molar refractivity (Wildman–Crippen MR) is 72.4 cm³/mol. The van der Waals surface area contributed by atoms with Gasteiger partial charge in [0.05, 0.1) is 5.75 Å². The summed E-state index contributed by atoms with van der Waals surface area (Å²) >= 11 is 0. The van der Waals surface area contributed by atoms with Gasteiger partial charge in [0, 0.05) is 11.0 Å². The van der Waals surface area contributed by atoms with Crippen LogP contribution < -0.4 is 0 Å². The van der Waals surface area contributed by atoms with Crippen LogP contribution in [0.4, 0.5) is 4.39 Å². The fraction of sp³-hybridized carbons (Fsp3) is 0.385. The number of sulfone groups is 1. The Balaban J connectivity index is 2.32. The van der Waals surface area contributed by atoms with E-state index in [9.17, 15) is 12.8 Å². The number of aromatic nitrogens is 3. The summed E-state index contributed by atoms with van der Waals surface area (Å²) in [6.45, 7) is 5.67. The second-order valence-corrected chi connectivity index (χ2v) is 7.45. The van der Waals surface area contributed by atoms with E-state index in [2.05, 4.69) is 15.2 Å². The van der Waals surface area contributed by atoms with Crippen LogP contribution >= 0.6 is 0 Å². The molecular weight excluding hydrogens is 281 g/mol. The normalized spacial score (nSPS) is 12.6. The third-order valence-corrected chi connectivity index (χ3v) is 4.19. The van der Waals surface area contributed by atoms with Crippen LogP contribution in [0.1, 0.15) is 32.2 Å². The lowest BCUT2D eigenvalue weighted by Gasteiger charge is -2.12. The first kappa shape index (κ1) is 14.6. The quantitative estimate of drug-likeness (QED) is 0.942. The molecule has 108 valence electrons. The van der Waals surface area contributed by atoms with Crippen molar-refractivity contribution in [2.45, 2.75) is 37.1 Å². The number of aromatic amines is 1. The van der Waals surface area contributed by atoms with Crippen molar-refractivity contribution < 1.29 is 12.8 Å². The molecule has 2 rings (SSSR count). The molecule has 20 heavy (non-hydrogen) atoms. The highest BCUT2D eigenvalue weighted by Gasteiger charge is 2.26. The highest BCUT2D eigenvalue weighted by Crippen LogP contribution is 2.20. The third kappa shape index (κ3) is 3.04.